The normalized spacial score (nSPS) is 11.3. The van der Waals surface area contributed by atoms with Crippen LogP contribution in [-0.4, -0.2) is 50.2 Å². The van der Waals surface area contributed by atoms with Gasteiger partial charge >= 0.3 is 18.1 Å². The fourth-order valence-corrected chi connectivity index (χ4v) is 3.04. The van der Waals surface area contributed by atoms with Gasteiger partial charge in [0, 0.05) is 36.0 Å². The number of aromatic carboxylic acids is 1. The summed E-state index contributed by atoms with van der Waals surface area (Å²) in [4.78, 5) is 24.9. The lowest BCUT2D eigenvalue weighted by atomic mass is 9.87. The number of rotatable bonds is 5. The summed E-state index contributed by atoms with van der Waals surface area (Å²) in [6.45, 7) is 6.28. The first-order valence-electron chi connectivity index (χ1n) is 10.1. The standard InChI is InChI=1S/C21H24N4O3.C2HF3O2/c1-21(2,3)18-17(13-7-6-10-22-12-13)19(25(4)24-18)23-16-9-8-14(28-5)11-15(16)20(26)27;3-2(4,5)1(6)7/h6-12,23H,1-5H3,(H,26,27);(H,6,7). The van der Waals surface area contributed by atoms with Crippen LogP contribution in [0.4, 0.5) is 24.7 Å². The minimum absolute atomic E-state index is 0.120. The van der Waals surface area contributed by atoms with Crippen molar-refractivity contribution >= 4 is 23.4 Å². The molecule has 1 aromatic carbocycles. The zero-order chi connectivity index (χ0) is 26.6. The zero-order valence-corrected chi connectivity index (χ0v) is 19.6. The number of aryl methyl sites for hydroxylation is 1. The Morgan fingerprint density at radius 1 is 1.11 bits per heavy atom. The average molecular weight is 494 g/mol. The van der Waals surface area contributed by atoms with Crippen LogP contribution >= 0.6 is 0 Å². The molecule has 0 fully saturated rings. The molecular formula is C23H25F3N4O5. The molecule has 0 aliphatic carbocycles. The molecule has 2 heterocycles. The molecule has 188 valence electrons. The van der Waals surface area contributed by atoms with Crippen molar-refractivity contribution in [3.8, 4) is 16.9 Å². The molecule has 9 nitrogen and oxygen atoms in total. The molecule has 3 rings (SSSR count). The van der Waals surface area contributed by atoms with Gasteiger partial charge in [-0.2, -0.15) is 18.3 Å². The van der Waals surface area contributed by atoms with Gasteiger partial charge in [-0.3, -0.25) is 9.67 Å². The number of anilines is 2. The monoisotopic (exact) mass is 494 g/mol. The van der Waals surface area contributed by atoms with Gasteiger partial charge < -0.3 is 20.3 Å². The van der Waals surface area contributed by atoms with Crippen molar-refractivity contribution in [2.45, 2.75) is 32.4 Å². The van der Waals surface area contributed by atoms with E-state index in [-0.39, 0.29) is 11.0 Å². The van der Waals surface area contributed by atoms with Crippen molar-refractivity contribution in [1.82, 2.24) is 14.8 Å². The molecular weight excluding hydrogens is 469 g/mol. The summed E-state index contributed by atoms with van der Waals surface area (Å²) in [5, 5.41) is 24.7. The number of nitrogens with one attached hydrogen (secondary N) is 1. The molecule has 0 saturated carbocycles. The highest BCUT2D eigenvalue weighted by molar-refractivity contribution is 5.96. The van der Waals surface area contributed by atoms with Crippen LogP contribution in [0.15, 0.2) is 42.7 Å². The molecule has 0 saturated heterocycles. The van der Waals surface area contributed by atoms with E-state index in [4.69, 9.17) is 19.7 Å². The molecule has 0 aliphatic heterocycles. The van der Waals surface area contributed by atoms with Gasteiger partial charge in [0.05, 0.1) is 24.1 Å². The number of alkyl halides is 3. The van der Waals surface area contributed by atoms with Crippen molar-refractivity contribution < 1.29 is 37.7 Å². The number of ether oxygens (including phenoxy) is 1. The number of halogens is 3. The second-order valence-electron chi connectivity index (χ2n) is 8.33. The number of benzene rings is 1. The van der Waals surface area contributed by atoms with Crippen LogP contribution < -0.4 is 10.1 Å². The van der Waals surface area contributed by atoms with Crippen LogP contribution in [-0.2, 0) is 17.3 Å². The highest BCUT2D eigenvalue weighted by Crippen LogP contribution is 2.39. The van der Waals surface area contributed by atoms with Crippen LogP contribution in [0.25, 0.3) is 11.1 Å². The molecule has 35 heavy (non-hydrogen) atoms. The molecule has 0 unspecified atom stereocenters. The van der Waals surface area contributed by atoms with E-state index < -0.39 is 18.1 Å². The van der Waals surface area contributed by atoms with E-state index in [9.17, 15) is 23.1 Å². The van der Waals surface area contributed by atoms with Gasteiger partial charge in [-0.25, -0.2) is 9.59 Å². The number of pyridine rings is 1. The fraction of sp³-hybridized carbons (Fsp3) is 0.304. The molecule has 0 radical (unpaired) electrons. The van der Waals surface area contributed by atoms with E-state index in [1.807, 2.05) is 19.2 Å². The molecule has 0 amide bonds. The van der Waals surface area contributed by atoms with Crippen molar-refractivity contribution in [3.63, 3.8) is 0 Å². The maximum Gasteiger partial charge on any atom is 0.490 e. The first-order chi connectivity index (χ1) is 16.2. The Morgan fingerprint density at radius 3 is 2.20 bits per heavy atom. The predicted octanol–water partition coefficient (Wildman–Crippen LogP) is 4.86. The highest BCUT2D eigenvalue weighted by atomic mass is 19.4. The van der Waals surface area contributed by atoms with Crippen LogP contribution in [0, 0.1) is 0 Å². The van der Waals surface area contributed by atoms with Crippen molar-refractivity contribution in [1.29, 1.82) is 0 Å². The second kappa shape index (κ2) is 10.5. The van der Waals surface area contributed by atoms with Gasteiger partial charge in [-0.15, -0.1) is 0 Å². The van der Waals surface area contributed by atoms with Gasteiger partial charge in [-0.05, 0) is 24.3 Å². The van der Waals surface area contributed by atoms with Gasteiger partial charge in [-0.1, -0.05) is 26.8 Å². The Hall–Kier alpha value is -4.09. The lowest BCUT2D eigenvalue weighted by Crippen LogP contribution is -2.21. The Morgan fingerprint density at radius 2 is 1.74 bits per heavy atom. The summed E-state index contributed by atoms with van der Waals surface area (Å²) in [6.07, 6.45) is -1.58. The smallest absolute Gasteiger partial charge is 0.490 e. The number of carboxylic acid groups (broad SMARTS) is 2. The van der Waals surface area contributed by atoms with Crippen molar-refractivity contribution in [2.75, 3.05) is 12.4 Å². The number of methoxy groups -OCH3 is 1. The SMILES string of the molecule is COc1ccc(Nc2c(-c3cccnc3)c(C(C)(C)C)nn2C)c(C(=O)O)c1.O=C(O)C(F)(F)F. The van der Waals surface area contributed by atoms with E-state index in [0.717, 1.165) is 16.8 Å². The van der Waals surface area contributed by atoms with Crippen molar-refractivity contribution in [2.24, 2.45) is 7.05 Å². The number of carboxylic acids is 2. The minimum Gasteiger partial charge on any atom is -0.497 e. The summed E-state index contributed by atoms with van der Waals surface area (Å²) in [7, 11) is 3.34. The molecule has 0 aliphatic rings. The predicted molar refractivity (Wildman–Crippen MR) is 122 cm³/mol. The summed E-state index contributed by atoms with van der Waals surface area (Å²) >= 11 is 0. The Labute approximate surface area is 199 Å². The quantitative estimate of drug-likeness (QED) is 0.459. The lowest BCUT2D eigenvalue weighted by Gasteiger charge is -2.18. The second-order valence-corrected chi connectivity index (χ2v) is 8.33. The number of aliphatic carboxylic acids is 1. The Kier molecular flexibility index (Phi) is 8.11. The van der Waals surface area contributed by atoms with Crippen LogP contribution in [0.3, 0.4) is 0 Å². The minimum atomic E-state index is -5.08. The fourth-order valence-electron chi connectivity index (χ4n) is 3.04. The molecule has 2 aromatic heterocycles. The summed E-state index contributed by atoms with van der Waals surface area (Å²) in [5.74, 6) is -2.61. The largest absolute Gasteiger partial charge is 0.497 e. The molecule has 12 heteroatoms. The maximum absolute atomic E-state index is 11.8. The highest BCUT2D eigenvalue weighted by Gasteiger charge is 2.38. The molecule has 0 spiro atoms. The number of nitrogens with zero attached hydrogens (tertiary/aromatic N) is 3. The summed E-state index contributed by atoms with van der Waals surface area (Å²) in [6, 6.07) is 8.75. The first-order valence-corrected chi connectivity index (χ1v) is 10.1. The number of aromatic nitrogens is 3. The number of hydrogen-bond acceptors (Lipinski definition) is 6. The molecule has 3 aromatic rings. The third kappa shape index (κ3) is 6.71. The topological polar surface area (TPSA) is 127 Å². The average Bonchev–Trinajstić information content (AvgIpc) is 3.10. The number of hydrogen-bond donors (Lipinski definition) is 3. The van der Waals surface area contributed by atoms with E-state index in [1.54, 1.807) is 29.2 Å². The van der Waals surface area contributed by atoms with Gasteiger partial charge in [0.15, 0.2) is 0 Å². The van der Waals surface area contributed by atoms with Crippen LogP contribution in [0.5, 0.6) is 5.75 Å². The van der Waals surface area contributed by atoms with E-state index in [0.29, 0.717) is 17.3 Å². The third-order valence-electron chi connectivity index (χ3n) is 4.66. The van der Waals surface area contributed by atoms with Crippen LogP contribution in [0.1, 0.15) is 36.8 Å². The lowest BCUT2D eigenvalue weighted by molar-refractivity contribution is -0.192. The maximum atomic E-state index is 11.8. The van der Waals surface area contributed by atoms with Gasteiger partial charge in [0.2, 0.25) is 0 Å². The third-order valence-corrected chi connectivity index (χ3v) is 4.66. The first kappa shape index (κ1) is 27.2. The van der Waals surface area contributed by atoms with Gasteiger partial charge in [0.25, 0.3) is 0 Å². The number of carbonyl (C=O) groups is 2. The van der Waals surface area contributed by atoms with Crippen LogP contribution in [0.2, 0.25) is 0 Å². The Bertz CT molecular complexity index is 1200. The Balaban J connectivity index is 0.000000540. The van der Waals surface area contributed by atoms with Gasteiger partial charge in [0.1, 0.15) is 11.6 Å². The van der Waals surface area contributed by atoms with E-state index in [2.05, 4.69) is 31.1 Å². The molecule has 0 atom stereocenters. The van der Waals surface area contributed by atoms with Crippen molar-refractivity contribution in [3.05, 3.63) is 54.0 Å². The van der Waals surface area contributed by atoms with E-state index in [1.165, 1.54) is 13.2 Å². The summed E-state index contributed by atoms with van der Waals surface area (Å²) in [5.41, 5.74) is 3.08. The van der Waals surface area contributed by atoms with E-state index >= 15 is 0 Å². The molecule has 0 bridgehead atoms. The molecule has 3 N–H and O–H groups in total. The summed E-state index contributed by atoms with van der Waals surface area (Å²) < 4.78 is 38.6. The zero-order valence-electron chi connectivity index (χ0n) is 19.6.